The third-order valence-corrected chi connectivity index (χ3v) is 1.46. The molecule has 0 rings (SSSR count). The van der Waals surface area contributed by atoms with Crippen LogP contribution >= 0.6 is 11.6 Å². The second-order valence-electron chi connectivity index (χ2n) is 2.29. The maximum Gasteiger partial charge on any atom is 0.117 e. The molecule has 0 N–H and O–H groups in total. The molecule has 0 aliphatic rings. The predicted molar refractivity (Wildman–Crippen MR) is 45.3 cm³/mol. The Balaban J connectivity index is 3.85. The van der Waals surface area contributed by atoms with Gasteiger partial charge in [0.1, 0.15) is 5.83 Å². The van der Waals surface area contributed by atoms with Gasteiger partial charge < -0.3 is 4.74 Å². The number of halogens is 2. The molecule has 1 unspecified atom stereocenters. The number of ether oxygens (including phenoxy) is 1. The van der Waals surface area contributed by atoms with Gasteiger partial charge in [-0.3, -0.25) is 0 Å². The third-order valence-electron chi connectivity index (χ3n) is 1.20. The average molecular weight is 179 g/mol. The van der Waals surface area contributed by atoms with Crippen molar-refractivity contribution in [3.05, 3.63) is 23.5 Å². The van der Waals surface area contributed by atoms with E-state index in [1.807, 2.05) is 6.92 Å². The molecule has 11 heavy (non-hydrogen) atoms. The van der Waals surface area contributed by atoms with Gasteiger partial charge in [0.2, 0.25) is 0 Å². The number of hydrogen-bond acceptors (Lipinski definition) is 1. The SMILES string of the molecule is C=C(F)/C=C(/Cl)CC(C)OC. The summed E-state index contributed by atoms with van der Waals surface area (Å²) in [7, 11) is 1.58. The second kappa shape index (κ2) is 5.33. The monoisotopic (exact) mass is 178 g/mol. The number of hydrogen-bond donors (Lipinski definition) is 0. The van der Waals surface area contributed by atoms with Gasteiger partial charge in [-0.05, 0) is 13.0 Å². The minimum Gasteiger partial charge on any atom is -0.381 e. The number of allylic oxidation sites excluding steroid dienone is 2. The van der Waals surface area contributed by atoms with Crippen LogP contribution in [-0.2, 0) is 4.74 Å². The molecule has 0 spiro atoms. The molecule has 1 nitrogen and oxygen atoms in total. The van der Waals surface area contributed by atoms with Crippen LogP contribution in [0.5, 0.6) is 0 Å². The van der Waals surface area contributed by atoms with Crippen molar-refractivity contribution in [1.82, 2.24) is 0 Å². The Bertz CT molecular complexity index is 165. The highest BCUT2D eigenvalue weighted by molar-refractivity contribution is 6.29. The van der Waals surface area contributed by atoms with Crippen LogP contribution in [-0.4, -0.2) is 13.2 Å². The third kappa shape index (κ3) is 6.07. The molecule has 0 bridgehead atoms. The highest BCUT2D eigenvalue weighted by Gasteiger charge is 2.01. The van der Waals surface area contributed by atoms with Gasteiger partial charge >= 0.3 is 0 Å². The Labute approximate surface area is 71.5 Å². The molecule has 0 amide bonds. The van der Waals surface area contributed by atoms with Gasteiger partial charge in [-0.2, -0.15) is 0 Å². The Kier molecular flexibility index (Phi) is 5.16. The van der Waals surface area contributed by atoms with E-state index in [-0.39, 0.29) is 6.10 Å². The van der Waals surface area contributed by atoms with Crippen LogP contribution in [0, 0.1) is 0 Å². The van der Waals surface area contributed by atoms with E-state index in [2.05, 4.69) is 6.58 Å². The zero-order valence-electron chi connectivity index (χ0n) is 6.73. The van der Waals surface area contributed by atoms with Gasteiger partial charge in [-0.1, -0.05) is 18.2 Å². The fourth-order valence-electron chi connectivity index (χ4n) is 0.587. The molecule has 0 radical (unpaired) electrons. The molecule has 3 heteroatoms. The standard InChI is InChI=1S/C8H12ClFO/c1-6(10)4-8(9)5-7(2)11-3/h4,7H,1,5H2,2-3H3/b8-4+. The maximum absolute atomic E-state index is 12.1. The first-order chi connectivity index (χ1) is 5.06. The summed E-state index contributed by atoms with van der Waals surface area (Å²) in [6, 6.07) is 0. The van der Waals surface area contributed by atoms with Crippen LogP contribution in [0.4, 0.5) is 4.39 Å². The summed E-state index contributed by atoms with van der Waals surface area (Å²) in [5.41, 5.74) is 0. The Morgan fingerprint density at radius 1 is 1.82 bits per heavy atom. The average Bonchev–Trinajstić information content (AvgIpc) is 1.85. The molecule has 0 aromatic rings. The fourth-order valence-corrected chi connectivity index (χ4v) is 0.922. The Hall–Kier alpha value is -0.340. The van der Waals surface area contributed by atoms with Gasteiger partial charge in [-0.25, -0.2) is 4.39 Å². The summed E-state index contributed by atoms with van der Waals surface area (Å²) in [5, 5.41) is 0.423. The minimum absolute atomic E-state index is 0.0121. The molecule has 0 saturated carbocycles. The van der Waals surface area contributed by atoms with Gasteiger partial charge in [0, 0.05) is 18.6 Å². The van der Waals surface area contributed by atoms with E-state index in [9.17, 15) is 4.39 Å². The minimum atomic E-state index is -0.529. The molecular formula is C8H12ClFO. The molecule has 0 fully saturated rings. The summed E-state index contributed by atoms with van der Waals surface area (Å²) in [6.07, 6.45) is 1.72. The van der Waals surface area contributed by atoms with Crippen molar-refractivity contribution in [2.24, 2.45) is 0 Å². The van der Waals surface area contributed by atoms with Crippen molar-refractivity contribution in [2.75, 3.05) is 7.11 Å². The van der Waals surface area contributed by atoms with Crippen molar-refractivity contribution in [3.8, 4) is 0 Å². The molecular weight excluding hydrogens is 167 g/mol. The zero-order chi connectivity index (χ0) is 8.85. The lowest BCUT2D eigenvalue weighted by Gasteiger charge is -2.06. The fraction of sp³-hybridized carbons (Fsp3) is 0.500. The Morgan fingerprint density at radius 3 is 2.73 bits per heavy atom. The van der Waals surface area contributed by atoms with Gasteiger partial charge in [-0.15, -0.1) is 0 Å². The highest BCUT2D eigenvalue weighted by atomic mass is 35.5. The lowest BCUT2D eigenvalue weighted by Crippen LogP contribution is -2.03. The van der Waals surface area contributed by atoms with Crippen LogP contribution in [0.15, 0.2) is 23.5 Å². The van der Waals surface area contributed by atoms with E-state index >= 15 is 0 Å². The van der Waals surface area contributed by atoms with Crippen LogP contribution in [0.25, 0.3) is 0 Å². The van der Waals surface area contributed by atoms with Crippen molar-refractivity contribution < 1.29 is 9.13 Å². The van der Waals surface area contributed by atoms with Crippen molar-refractivity contribution in [1.29, 1.82) is 0 Å². The van der Waals surface area contributed by atoms with Crippen molar-refractivity contribution in [3.63, 3.8) is 0 Å². The molecule has 0 aliphatic carbocycles. The van der Waals surface area contributed by atoms with Gasteiger partial charge in [0.25, 0.3) is 0 Å². The van der Waals surface area contributed by atoms with E-state index in [1.54, 1.807) is 7.11 Å². The predicted octanol–water partition coefficient (Wildman–Crippen LogP) is 3.02. The summed E-state index contributed by atoms with van der Waals surface area (Å²) >= 11 is 5.63. The molecule has 1 atom stereocenters. The van der Waals surface area contributed by atoms with Crippen molar-refractivity contribution in [2.45, 2.75) is 19.4 Å². The van der Waals surface area contributed by atoms with Crippen LogP contribution in [0.3, 0.4) is 0 Å². The first kappa shape index (κ1) is 10.7. The summed E-state index contributed by atoms with van der Waals surface area (Å²) in [4.78, 5) is 0. The summed E-state index contributed by atoms with van der Waals surface area (Å²) in [6.45, 7) is 4.92. The molecule has 0 saturated heterocycles. The first-order valence-electron chi connectivity index (χ1n) is 3.29. The van der Waals surface area contributed by atoms with Crippen molar-refractivity contribution >= 4 is 11.6 Å². The smallest absolute Gasteiger partial charge is 0.117 e. The van der Waals surface area contributed by atoms with Crippen LogP contribution < -0.4 is 0 Å². The topological polar surface area (TPSA) is 9.23 Å². The zero-order valence-corrected chi connectivity index (χ0v) is 7.49. The Morgan fingerprint density at radius 2 is 2.36 bits per heavy atom. The van der Waals surface area contributed by atoms with E-state index in [1.165, 1.54) is 6.08 Å². The van der Waals surface area contributed by atoms with Crippen LogP contribution in [0.2, 0.25) is 0 Å². The maximum atomic E-state index is 12.1. The summed E-state index contributed by atoms with van der Waals surface area (Å²) < 4.78 is 17.0. The molecule has 0 aromatic carbocycles. The van der Waals surface area contributed by atoms with Crippen LogP contribution in [0.1, 0.15) is 13.3 Å². The first-order valence-corrected chi connectivity index (χ1v) is 3.67. The number of methoxy groups -OCH3 is 1. The molecule has 0 heterocycles. The second-order valence-corrected chi connectivity index (χ2v) is 2.77. The normalized spacial score (nSPS) is 14.7. The lowest BCUT2D eigenvalue weighted by molar-refractivity contribution is 0.120. The van der Waals surface area contributed by atoms with E-state index in [4.69, 9.17) is 16.3 Å². The molecule has 64 valence electrons. The van der Waals surface area contributed by atoms with Gasteiger partial charge in [0.05, 0.1) is 6.10 Å². The van der Waals surface area contributed by atoms with Gasteiger partial charge in [0.15, 0.2) is 0 Å². The highest BCUT2D eigenvalue weighted by Crippen LogP contribution is 2.14. The number of rotatable bonds is 4. The molecule has 0 aromatic heterocycles. The van der Waals surface area contributed by atoms with E-state index in [0.29, 0.717) is 11.5 Å². The van der Waals surface area contributed by atoms with E-state index in [0.717, 1.165) is 0 Å². The summed E-state index contributed by atoms with van der Waals surface area (Å²) in [5.74, 6) is -0.529. The molecule has 0 aliphatic heterocycles. The lowest BCUT2D eigenvalue weighted by atomic mass is 10.2. The van der Waals surface area contributed by atoms with E-state index < -0.39 is 5.83 Å². The quantitative estimate of drug-likeness (QED) is 0.602. The largest absolute Gasteiger partial charge is 0.381 e.